The molecule has 0 radical (unpaired) electrons. The number of aliphatic hydroxyl groups excluding tert-OH is 1. The number of nitrogens with one attached hydrogen (secondary N) is 1. The molecule has 1 saturated heterocycles. The van der Waals surface area contributed by atoms with Crippen molar-refractivity contribution in [3.05, 3.63) is 29.8 Å². The van der Waals surface area contributed by atoms with Crippen LogP contribution in [0, 0.1) is 6.92 Å². The Morgan fingerprint density at radius 2 is 2.05 bits per heavy atom. The zero-order chi connectivity index (χ0) is 15.9. The van der Waals surface area contributed by atoms with Gasteiger partial charge in [0.25, 0.3) is 0 Å². The van der Waals surface area contributed by atoms with Crippen LogP contribution in [0.5, 0.6) is 0 Å². The van der Waals surface area contributed by atoms with Gasteiger partial charge in [-0.3, -0.25) is 9.69 Å². The van der Waals surface area contributed by atoms with Crippen LogP contribution >= 0.6 is 0 Å². The number of benzene rings is 1. The van der Waals surface area contributed by atoms with Crippen LogP contribution in [0.25, 0.3) is 0 Å². The molecule has 1 aromatic rings. The van der Waals surface area contributed by atoms with Gasteiger partial charge in [0.2, 0.25) is 5.91 Å². The zero-order valence-corrected chi connectivity index (χ0v) is 13.6. The van der Waals surface area contributed by atoms with Gasteiger partial charge in [0.1, 0.15) is 0 Å². The molecule has 0 bridgehead atoms. The Balaban J connectivity index is 1.70. The van der Waals surface area contributed by atoms with Crippen LogP contribution in [-0.4, -0.2) is 61.3 Å². The average molecular weight is 305 g/mol. The third kappa shape index (κ3) is 5.31. The Morgan fingerprint density at radius 1 is 1.32 bits per heavy atom. The van der Waals surface area contributed by atoms with Crippen molar-refractivity contribution in [2.24, 2.45) is 0 Å². The third-order valence-corrected chi connectivity index (χ3v) is 3.99. The monoisotopic (exact) mass is 305 g/mol. The smallest absolute Gasteiger partial charge is 0.221 e. The fraction of sp³-hybridized carbons (Fsp3) is 0.588. The van der Waals surface area contributed by atoms with E-state index in [1.54, 1.807) is 6.92 Å². The minimum atomic E-state index is -0.484. The molecular weight excluding hydrogens is 278 g/mol. The second-order valence-corrected chi connectivity index (χ2v) is 6.07. The maximum Gasteiger partial charge on any atom is 0.221 e. The van der Waals surface area contributed by atoms with Gasteiger partial charge in [0.15, 0.2) is 0 Å². The number of nitrogens with zero attached hydrogens (tertiary/aromatic N) is 2. The van der Waals surface area contributed by atoms with E-state index in [1.165, 1.54) is 11.3 Å². The number of amides is 1. The number of carbonyl (C=O) groups excluding carboxylic acids is 1. The summed E-state index contributed by atoms with van der Waals surface area (Å²) in [5, 5.41) is 11.9. The summed E-state index contributed by atoms with van der Waals surface area (Å²) in [7, 11) is 0. The largest absolute Gasteiger partial charge is 0.392 e. The Bertz CT molecular complexity index is 483. The fourth-order valence-electron chi connectivity index (χ4n) is 2.66. The van der Waals surface area contributed by atoms with Gasteiger partial charge >= 0.3 is 0 Å². The molecule has 0 spiro atoms. The van der Waals surface area contributed by atoms with Crippen LogP contribution in [0.4, 0.5) is 5.69 Å². The number of piperazine rings is 1. The van der Waals surface area contributed by atoms with E-state index in [0.29, 0.717) is 13.0 Å². The van der Waals surface area contributed by atoms with E-state index in [9.17, 15) is 4.79 Å². The first-order chi connectivity index (χ1) is 10.5. The molecule has 5 nitrogen and oxygen atoms in total. The van der Waals surface area contributed by atoms with Gasteiger partial charge in [-0.15, -0.1) is 0 Å². The summed E-state index contributed by atoms with van der Waals surface area (Å²) in [5.41, 5.74) is 2.57. The topological polar surface area (TPSA) is 55.8 Å². The van der Waals surface area contributed by atoms with E-state index in [0.717, 1.165) is 32.7 Å². The van der Waals surface area contributed by atoms with E-state index >= 15 is 0 Å². The molecule has 1 unspecified atom stereocenters. The summed E-state index contributed by atoms with van der Waals surface area (Å²) in [6, 6.07) is 8.60. The Labute approximate surface area is 132 Å². The van der Waals surface area contributed by atoms with Crippen LogP contribution in [0.2, 0.25) is 0 Å². The molecule has 1 aliphatic rings. The molecule has 0 aromatic heterocycles. The van der Waals surface area contributed by atoms with Gasteiger partial charge in [-0.25, -0.2) is 0 Å². The molecule has 1 heterocycles. The van der Waals surface area contributed by atoms with Gasteiger partial charge in [-0.2, -0.15) is 0 Å². The highest BCUT2D eigenvalue weighted by Crippen LogP contribution is 2.17. The van der Waals surface area contributed by atoms with Crippen molar-refractivity contribution >= 4 is 11.6 Å². The SMILES string of the molecule is Cc1cccc(N2CCN(CCC(=O)NCC(C)O)CC2)c1. The van der Waals surface area contributed by atoms with E-state index in [4.69, 9.17) is 5.11 Å². The number of carbonyl (C=O) groups is 1. The Hall–Kier alpha value is -1.59. The summed E-state index contributed by atoms with van der Waals surface area (Å²) >= 11 is 0. The van der Waals surface area contributed by atoms with Crippen LogP contribution in [-0.2, 0) is 4.79 Å². The second-order valence-electron chi connectivity index (χ2n) is 6.07. The zero-order valence-electron chi connectivity index (χ0n) is 13.6. The molecule has 2 N–H and O–H groups in total. The van der Waals surface area contributed by atoms with Crippen molar-refractivity contribution in [3.63, 3.8) is 0 Å². The van der Waals surface area contributed by atoms with Crippen LogP contribution in [0.3, 0.4) is 0 Å². The molecule has 1 fully saturated rings. The number of hydrogen-bond acceptors (Lipinski definition) is 4. The minimum absolute atomic E-state index is 0.0158. The maximum atomic E-state index is 11.7. The van der Waals surface area contributed by atoms with Crippen molar-refractivity contribution in [3.8, 4) is 0 Å². The van der Waals surface area contributed by atoms with Crippen molar-refractivity contribution in [2.45, 2.75) is 26.4 Å². The fourth-order valence-corrected chi connectivity index (χ4v) is 2.66. The first-order valence-corrected chi connectivity index (χ1v) is 8.03. The second kappa shape index (κ2) is 8.15. The predicted octanol–water partition coefficient (Wildman–Crippen LogP) is 1.00. The molecule has 0 saturated carbocycles. The lowest BCUT2D eigenvalue weighted by Crippen LogP contribution is -2.47. The number of aryl methyl sites for hydroxylation is 1. The van der Waals surface area contributed by atoms with Crippen LogP contribution in [0.1, 0.15) is 18.9 Å². The van der Waals surface area contributed by atoms with Gasteiger partial charge in [-0.1, -0.05) is 12.1 Å². The van der Waals surface area contributed by atoms with Crippen molar-refractivity contribution in [2.75, 3.05) is 44.2 Å². The predicted molar refractivity (Wildman–Crippen MR) is 89.1 cm³/mol. The molecule has 22 heavy (non-hydrogen) atoms. The molecule has 5 heteroatoms. The van der Waals surface area contributed by atoms with E-state index in [-0.39, 0.29) is 5.91 Å². The Kier molecular flexibility index (Phi) is 6.21. The normalized spacial score (nSPS) is 17.3. The van der Waals surface area contributed by atoms with Crippen molar-refractivity contribution in [1.29, 1.82) is 0 Å². The quantitative estimate of drug-likeness (QED) is 0.823. The highest BCUT2D eigenvalue weighted by Gasteiger charge is 2.17. The molecule has 1 amide bonds. The van der Waals surface area contributed by atoms with Crippen molar-refractivity contribution in [1.82, 2.24) is 10.2 Å². The third-order valence-electron chi connectivity index (χ3n) is 3.99. The van der Waals surface area contributed by atoms with Crippen LogP contribution < -0.4 is 10.2 Å². The molecule has 1 aliphatic heterocycles. The molecule has 1 atom stereocenters. The van der Waals surface area contributed by atoms with Gasteiger partial charge in [0, 0.05) is 51.4 Å². The van der Waals surface area contributed by atoms with E-state index < -0.39 is 6.10 Å². The van der Waals surface area contributed by atoms with Gasteiger partial charge in [-0.05, 0) is 31.5 Å². The van der Waals surface area contributed by atoms with Crippen molar-refractivity contribution < 1.29 is 9.90 Å². The average Bonchev–Trinajstić information content (AvgIpc) is 2.51. The van der Waals surface area contributed by atoms with E-state index in [1.807, 2.05) is 0 Å². The molecule has 0 aliphatic carbocycles. The summed E-state index contributed by atoms with van der Waals surface area (Å²) in [4.78, 5) is 16.4. The number of aliphatic hydroxyl groups is 1. The lowest BCUT2D eigenvalue weighted by atomic mass is 10.2. The number of rotatable bonds is 6. The molecule has 122 valence electrons. The highest BCUT2D eigenvalue weighted by molar-refractivity contribution is 5.76. The number of anilines is 1. The van der Waals surface area contributed by atoms with E-state index in [2.05, 4.69) is 46.3 Å². The lowest BCUT2D eigenvalue weighted by molar-refractivity contribution is -0.121. The summed E-state index contributed by atoms with van der Waals surface area (Å²) in [6.07, 6.45) is 0.0128. The minimum Gasteiger partial charge on any atom is -0.392 e. The summed E-state index contributed by atoms with van der Waals surface area (Å²) in [5.74, 6) is 0.0158. The highest BCUT2D eigenvalue weighted by atomic mass is 16.3. The molecule has 2 rings (SSSR count). The first kappa shape index (κ1) is 16.8. The lowest BCUT2D eigenvalue weighted by Gasteiger charge is -2.36. The van der Waals surface area contributed by atoms with Gasteiger partial charge < -0.3 is 15.3 Å². The molecule has 1 aromatic carbocycles. The first-order valence-electron chi connectivity index (χ1n) is 8.03. The maximum absolute atomic E-state index is 11.7. The Morgan fingerprint density at radius 3 is 2.68 bits per heavy atom. The standard InChI is InChI=1S/C17H27N3O2/c1-14-4-3-5-16(12-14)20-10-8-19(9-11-20)7-6-17(22)18-13-15(2)21/h3-5,12,15,21H,6-11,13H2,1-2H3,(H,18,22). The van der Waals surface area contributed by atoms with Crippen LogP contribution in [0.15, 0.2) is 24.3 Å². The molecular formula is C17H27N3O2. The summed E-state index contributed by atoms with van der Waals surface area (Å²) < 4.78 is 0. The van der Waals surface area contributed by atoms with Gasteiger partial charge in [0.05, 0.1) is 6.10 Å². The summed E-state index contributed by atoms with van der Waals surface area (Å²) in [6.45, 7) is 8.87. The number of hydrogen-bond donors (Lipinski definition) is 2.